The second kappa shape index (κ2) is 3.81. The van der Waals surface area contributed by atoms with Crippen LogP contribution >= 0.6 is 11.8 Å². The van der Waals surface area contributed by atoms with Crippen LogP contribution in [0.3, 0.4) is 0 Å². The number of nitrogens with zero attached hydrogens (tertiary/aromatic N) is 1. The van der Waals surface area contributed by atoms with Crippen molar-refractivity contribution < 1.29 is 9.18 Å². The largest absolute Gasteiger partial charge is 0.339 e. The highest BCUT2D eigenvalue weighted by molar-refractivity contribution is 7.99. The van der Waals surface area contributed by atoms with Gasteiger partial charge < -0.3 is 4.90 Å². The van der Waals surface area contributed by atoms with Crippen LogP contribution in [0.4, 0.5) is 4.39 Å². The van der Waals surface area contributed by atoms with Crippen LogP contribution in [0.25, 0.3) is 0 Å². The van der Waals surface area contributed by atoms with Crippen molar-refractivity contribution in [3.05, 3.63) is 0 Å². The van der Waals surface area contributed by atoms with Crippen molar-refractivity contribution in [2.75, 3.05) is 31.3 Å². The van der Waals surface area contributed by atoms with E-state index in [4.69, 9.17) is 0 Å². The van der Waals surface area contributed by atoms with Crippen LogP contribution in [0.15, 0.2) is 0 Å². The smallest absolute Gasteiger partial charge is 0.254 e. The zero-order valence-corrected chi connectivity index (χ0v) is 6.49. The molecule has 1 fully saturated rings. The van der Waals surface area contributed by atoms with E-state index in [9.17, 15) is 9.18 Å². The Hall–Kier alpha value is -0.250. The Morgan fingerprint density at radius 2 is 2.10 bits per heavy atom. The van der Waals surface area contributed by atoms with Gasteiger partial charge in [0.25, 0.3) is 5.91 Å². The molecular formula is C6H10FNOS. The Balaban J connectivity index is 2.31. The van der Waals surface area contributed by atoms with E-state index in [1.807, 2.05) is 11.8 Å². The summed E-state index contributed by atoms with van der Waals surface area (Å²) in [6.07, 6.45) is 0. The SMILES string of the molecule is O=C(CF)N1CCSCC1. The maximum atomic E-state index is 11.8. The molecule has 1 amide bonds. The molecule has 1 rings (SSSR count). The molecule has 1 saturated heterocycles. The summed E-state index contributed by atoms with van der Waals surface area (Å²) >= 11 is 1.81. The van der Waals surface area contributed by atoms with Crippen LogP contribution in [0, 0.1) is 0 Å². The highest BCUT2D eigenvalue weighted by Crippen LogP contribution is 2.08. The zero-order chi connectivity index (χ0) is 7.40. The highest BCUT2D eigenvalue weighted by Gasteiger charge is 2.15. The fraction of sp³-hybridized carbons (Fsp3) is 0.833. The van der Waals surface area contributed by atoms with Crippen LogP contribution in [0.1, 0.15) is 0 Å². The lowest BCUT2D eigenvalue weighted by Gasteiger charge is -2.25. The van der Waals surface area contributed by atoms with Crippen molar-refractivity contribution in [1.82, 2.24) is 4.90 Å². The molecule has 0 aromatic rings. The molecule has 0 bridgehead atoms. The molecule has 0 unspecified atom stereocenters. The number of thioether (sulfide) groups is 1. The van der Waals surface area contributed by atoms with Crippen LogP contribution in [-0.4, -0.2) is 42.1 Å². The molecule has 58 valence electrons. The van der Waals surface area contributed by atoms with Crippen molar-refractivity contribution in [3.8, 4) is 0 Å². The average Bonchev–Trinajstić information content (AvgIpc) is 2.05. The summed E-state index contributed by atoms with van der Waals surface area (Å²) in [6.45, 7) is 0.589. The first-order valence-corrected chi connectivity index (χ1v) is 4.41. The summed E-state index contributed by atoms with van der Waals surface area (Å²) in [6, 6.07) is 0. The van der Waals surface area contributed by atoms with Gasteiger partial charge in [0.2, 0.25) is 0 Å². The van der Waals surface area contributed by atoms with E-state index in [0.29, 0.717) is 13.1 Å². The molecule has 1 heterocycles. The minimum atomic E-state index is -0.843. The second-order valence-electron chi connectivity index (χ2n) is 2.13. The third-order valence-electron chi connectivity index (χ3n) is 1.48. The average molecular weight is 163 g/mol. The molecule has 10 heavy (non-hydrogen) atoms. The molecule has 1 aliphatic rings. The third-order valence-corrected chi connectivity index (χ3v) is 2.42. The molecule has 0 saturated carbocycles. The van der Waals surface area contributed by atoms with Crippen molar-refractivity contribution in [2.24, 2.45) is 0 Å². The lowest BCUT2D eigenvalue weighted by Crippen LogP contribution is -2.38. The molecule has 4 heteroatoms. The standard InChI is InChI=1S/C6H10FNOS/c7-5-6(9)8-1-3-10-4-2-8/h1-5H2. The van der Waals surface area contributed by atoms with E-state index < -0.39 is 6.67 Å². The Labute approximate surface area is 63.8 Å². The Morgan fingerprint density at radius 1 is 1.50 bits per heavy atom. The van der Waals surface area contributed by atoms with Gasteiger partial charge in [-0.2, -0.15) is 11.8 Å². The first-order chi connectivity index (χ1) is 4.84. The van der Waals surface area contributed by atoms with E-state index in [2.05, 4.69) is 0 Å². The molecule has 0 atom stereocenters. The zero-order valence-electron chi connectivity index (χ0n) is 5.68. The van der Waals surface area contributed by atoms with E-state index in [0.717, 1.165) is 11.5 Å². The minimum Gasteiger partial charge on any atom is -0.339 e. The lowest BCUT2D eigenvalue weighted by molar-refractivity contribution is -0.131. The van der Waals surface area contributed by atoms with Gasteiger partial charge in [-0.25, -0.2) is 4.39 Å². The van der Waals surface area contributed by atoms with Gasteiger partial charge in [-0.05, 0) is 0 Å². The monoisotopic (exact) mass is 163 g/mol. The normalized spacial score (nSPS) is 19.1. The van der Waals surface area contributed by atoms with Crippen molar-refractivity contribution in [3.63, 3.8) is 0 Å². The molecule has 2 nitrogen and oxygen atoms in total. The number of carbonyl (C=O) groups is 1. The summed E-state index contributed by atoms with van der Waals surface area (Å²) in [7, 11) is 0. The third kappa shape index (κ3) is 1.87. The summed E-state index contributed by atoms with van der Waals surface area (Å²) in [5.41, 5.74) is 0. The number of carbonyl (C=O) groups excluding carboxylic acids is 1. The fourth-order valence-corrected chi connectivity index (χ4v) is 1.80. The molecule has 0 N–H and O–H groups in total. The van der Waals surface area contributed by atoms with Gasteiger partial charge in [-0.3, -0.25) is 4.79 Å². The van der Waals surface area contributed by atoms with Crippen molar-refractivity contribution in [1.29, 1.82) is 0 Å². The first kappa shape index (κ1) is 7.85. The molecule has 0 radical (unpaired) electrons. The van der Waals surface area contributed by atoms with Gasteiger partial charge in [0.05, 0.1) is 0 Å². The van der Waals surface area contributed by atoms with Gasteiger partial charge >= 0.3 is 0 Å². The van der Waals surface area contributed by atoms with E-state index in [1.54, 1.807) is 4.90 Å². The van der Waals surface area contributed by atoms with Crippen molar-refractivity contribution in [2.45, 2.75) is 0 Å². The number of hydrogen-bond acceptors (Lipinski definition) is 2. The Bertz CT molecular complexity index is 125. The van der Waals surface area contributed by atoms with E-state index in [-0.39, 0.29) is 5.91 Å². The van der Waals surface area contributed by atoms with Gasteiger partial charge in [-0.1, -0.05) is 0 Å². The topological polar surface area (TPSA) is 20.3 Å². The molecule has 0 spiro atoms. The van der Waals surface area contributed by atoms with Gasteiger partial charge in [0.15, 0.2) is 6.67 Å². The summed E-state index contributed by atoms with van der Waals surface area (Å²) < 4.78 is 11.8. The minimum absolute atomic E-state index is 0.361. The van der Waals surface area contributed by atoms with E-state index in [1.165, 1.54) is 0 Å². The predicted molar refractivity (Wildman–Crippen MR) is 39.9 cm³/mol. The first-order valence-electron chi connectivity index (χ1n) is 3.26. The number of alkyl halides is 1. The highest BCUT2D eigenvalue weighted by atomic mass is 32.2. The second-order valence-corrected chi connectivity index (χ2v) is 3.35. The van der Waals surface area contributed by atoms with Gasteiger partial charge in [0, 0.05) is 24.6 Å². The molecule has 0 aromatic carbocycles. The van der Waals surface area contributed by atoms with Gasteiger partial charge in [0.1, 0.15) is 0 Å². The van der Waals surface area contributed by atoms with Crippen LogP contribution in [0.5, 0.6) is 0 Å². The van der Waals surface area contributed by atoms with Crippen LogP contribution < -0.4 is 0 Å². The molecular weight excluding hydrogens is 153 g/mol. The fourth-order valence-electron chi connectivity index (χ4n) is 0.897. The summed E-state index contributed by atoms with van der Waals surface area (Å²) in [4.78, 5) is 12.3. The number of hydrogen-bond donors (Lipinski definition) is 0. The quantitative estimate of drug-likeness (QED) is 0.562. The number of rotatable bonds is 1. The predicted octanol–water partition coefficient (Wildman–Crippen LogP) is 0.531. The maximum Gasteiger partial charge on any atom is 0.254 e. The molecule has 1 aliphatic heterocycles. The van der Waals surface area contributed by atoms with E-state index >= 15 is 0 Å². The summed E-state index contributed by atoms with van der Waals surface area (Å²) in [5, 5.41) is 0. The Kier molecular flexibility index (Phi) is 2.99. The van der Waals surface area contributed by atoms with Gasteiger partial charge in [-0.15, -0.1) is 0 Å². The number of halogens is 1. The summed E-state index contributed by atoms with van der Waals surface area (Å²) in [5.74, 6) is 1.54. The maximum absolute atomic E-state index is 11.8. The number of amides is 1. The van der Waals surface area contributed by atoms with Crippen LogP contribution in [0.2, 0.25) is 0 Å². The van der Waals surface area contributed by atoms with Crippen molar-refractivity contribution >= 4 is 17.7 Å². The Morgan fingerprint density at radius 3 is 2.60 bits per heavy atom. The molecule has 0 aliphatic carbocycles. The molecule has 0 aromatic heterocycles. The van der Waals surface area contributed by atoms with Crippen LogP contribution in [-0.2, 0) is 4.79 Å². The lowest BCUT2D eigenvalue weighted by atomic mass is 10.5.